The third-order valence-electron chi connectivity index (χ3n) is 6.89. The summed E-state index contributed by atoms with van der Waals surface area (Å²) in [5.41, 5.74) is 4.04. The van der Waals surface area contributed by atoms with Crippen molar-refractivity contribution < 1.29 is 23.2 Å². The smallest absolute Gasteiger partial charge is 0.248 e. The molecular weight excluding hydrogens is 473 g/mol. The third-order valence-corrected chi connectivity index (χ3v) is 6.89. The Labute approximate surface area is 216 Å². The third kappa shape index (κ3) is 6.64. The molecule has 1 aliphatic heterocycles. The summed E-state index contributed by atoms with van der Waals surface area (Å²) in [4.78, 5) is 26.9. The number of nitrogens with one attached hydrogen (secondary N) is 1. The number of piperidine rings is 1. The molecule has 2 heterocycles. The fraction of sp³-hybridized carbons (Fsp3) is 0.345. The molecule has 0 atom stereocenters. The number of hydrogen-bond acceptors (Lipinski definition) is 5. The molecule has 194 valence electrons. The second-order valence-electron chi connectivity index (χ2n) is 9.29. The summed E-state index contributed by atoms with van der Waals surface area (Å²) < 4.78 is 24.2. The number of nitrogens with zero attached hydrogens (tertiary/aromatic N) is 2. The van der Waals surface area contributed by atoms with Crippen LogP contribution in [0.2, 0.25) is 0 Å². The number of hydrogen-bond donors (Lipinski definition) is 1. The molecule has 1 aliphatic rings. The lowest BCUT2D eigenvalue weighted by atomic mass is 9.89. The summed E-state index contributed by atoms with van der Waals surface area (Å²) in [6.07, 6.45) is 5.65. The fourth-order valence-corrected chi connectivity index (χ4v) is 4.67. The molecule has 3 aromatic rings. The van der Waals surface area contributed by atoms with Gasteiger partial charge in [-0.1, -0.05) is 17.3 Å². The van der Waals surface area contributed by atoms with Gasteiger partial charge in [0.25, 0.3) is 0 Å². The van der Waals surface area contributed by atoms with Crippen LogP contribution in [0.1, 0.15) is 53.3 Å². The van der Waals surface area contributed by atoms with Crippen LogP contribution in [0.3, 0.4) is 0 Å². The summed E-state index contributed by atoms with van der Waals surface area (Å²) in [5, 5.41) is 6.76. The van der Waals surface area contributed by atoms with Gasteiger partial charge < -0.3 is 19.5 Å². The van der Waals surface area contributed by atoms with Gasteiger partial charge in [0.2, 0.25) is 11.8 Å². The Hall–Kier alpha value is -3.94. The minimum Gasteiger partial charge on any atom is -0.497 e. The topological polar surface area (TPSA) is 84.7 Å². The van der Waals surface area contributed by atoms with Crippen LogP contribution in [0.5, 0.6) is 5.75 Å². The zero-order valence-electron chi connectivity index (χ0n) is 21.4. The van der Waals surface area contributed by atoms with Crippen LogP contribution in [0.4, 0.5) is 10.1 Å². The molecule has 0 saturated carbocycles. The first-order valence-electron chi connectivity index (χ1n) is 12.5. The standard InChI is InChI=1S/C29H32FN3O4/c1-19-26(20(2)37-32-19)11-13-29(35)33-16-14-22(15-17-33)21-4-8-24(9-5-21)31-28(34)12-7-23-6-10-25(36-3)18-27(23)30/h4-10,12,18,22H,11,13-17H2,1-3H3,(H,31,34)/b12-7+. The van der Waals surface area contributed by atoms with E-state index in [1.54, 1.807) is 12.1 Å². The van der Waals surface area contributed by atoms with Gasteiger partial charge in [-0.05, 0) is 74.9 Å². The average molecular weight is 506 g/mol. The van der Waals surface area contributed by atoms with E-state index in [1.165, 1.54) is 30.9 Å². The van der Waals surface area contributed by atoms with Crippen molar-refractivity contribution in [1.82, 2.24) is 10.1 Å². The monoisotopic (exact) mass is 505 g/mol. The van der Waals surface area contributed by atoms with Crippen LogP contribution in [-0.4, -0.2) is 42.1 Å². The predicted octanol–water partition coefficient (Wildman–Crippen LogP) is 5.43. The molecule has 0 spiro atoms. The summed E-state index contributed by atoms with van der Waals surface area (Å²) in [6, 6.07) is 12.2. The summed E-state index contributed by atoms with van der Waals surface area (Å²) in [5.74, 6) is 0.941. The molecule has 8 heteroatoms. The van der Waals surface area contributed by atoms with Gasteiger partial charge in [-0.3, -0.25) is 9.59 Å². The van der Waals surface area contributed by atoms with Gasteiger partial charge in [0.1, 0.15) is 17.3 Å². The number of likely N-dealkylation sites (tertiary alicyclic amines) is 1. The van der Waals surface area contributed by atoms with Crippen molar-refractivity contribution in [2.24, 2.45) is 0 Å². The van der Waals surface area contributed by atoms with Crippen LogP contribution >= 0.6 is 0 Å². The molecule has 0 bridgehead atoms. The van der Waals surface area contributed by atoms with Crippen molar-refractivity contribution in [1.29, 1.82) is 0 Å². The number of anilines is 1. The highest BCUT2D eigenvalue weighted by molar-refractivity contribution is 6.01. The van der Waals surface area contributed by atoms with E-state index in [9.17, 15) is 14.0 Å². The minimum absolute atomic E-state index is 0.166. The molecule has 2 amide bonds. The second-order valence-corrected chi connectivity index (χ2v) is 9.29. The van der Waals surface area contributed by atoms with E-state index in [2.05, 4.69) is 10.5 Å². The highest BCUT2D eigenvalue weighted by Gasteiger charge is 2.24. The molecule has 1 fully saturated rings. The molecule has 1 aromatic heterocycles. The lowest BCUT2D eigenvalue weighted by molar-refractivity contribution is -0.132. The molecule has 0 radical (unpaired) electrons. The Kier molecular flexibility index (Phi) is 8.38. The SMILES string of the molecule is COc1ccc(/C=C/C(=O)Nc2ccc(C3CCN(C(=O)CCc4c(C)noc4C)CC3)cc2)c(F)c1. The van der Waals surface area contributed by atoms with Gasteiger partial charge in [-0.25, -0.2) is 4.39 Å². The summed E-state index contributed by atoms with van der Waals surface area (Å²) >= 11 is 0. The molecular formula is C29H32FN3O4. The molecule has 37 heavy (non-hydrogen) atoms. The maximum absolute atomic E-state index is 14.0. The number of halogens is 1. The van der Waals surface area contributed by atoms with Gasteiger partial charge in [-0.15, -0.1) is 0 Å². The lowest BCUT2D eigenvalue weighted by Crippen LogP contribution is -2.38. The van der Waals surface area contributed by atoms with E-state index in [0.717, 1.165) is 42.9 Å². The lowest BCUT2D eigenvalue weighted by Gasteiger charge is -2.32. The van der Waals surface area contributed by atoms with Gasteiger partial charge in [0.05, 0.1) is 12.8 Å². The van der Waals surface area contributed by atoms with E-state index in [0.29, 0.717) is 35.8 Å². The first-order valence-corrected chi connectivity index (χ1v) is 12.5. The molecule has 1 saturated heterocycles. The Balaban J connectivity index is 1.24. The van der Waals surface area contributed by atoms with Gasteiger partial charge in [-0.2, -0.15) is 0 Å². The predicted molar refractivity (Wildman–Crippen MR) is 140 cm³/mol. The minimum atomic E-state index is -0.457. The number of amides is 2. The van der Waals surface area contributed by atoms with Crippen molar-refractivity contribution in [2.45, 2.75) is 45.4 Å². The van der Waals surface area contributed by atoms with E-state index < -0.39 is 5.82 Å². The number of benzene rings is 2. The quantitative estimate of drug-likeness (QED) is 0.413. The van der Waals surface area contributed by atoms with Gasteiger partial charge >= 0.3 is 0 Å². The van der Waals surface area contributed by atoms with Crippen molar-refractivity contribution >= 4 is 23.6 Å². The number of ether oxygens (including phenoxy) is 1. The highest BCUT2D eigenvalue weighted by Crippen LogP contribution is 2.29. The molecule has 4 rings (SSSR count). The summed E-state index contributed by atoms with van der Waals surface area (Å²) in [6.45, 7) is 5.24. The van der Waals surface area contributed by atoms with Crippen LogP contribution in [-0.2, 0) is 16.0 Å². The molecule has 0 aliphatic carbocycles. The zero-order valence-corrected chi connectivity index (χ0v) is 21.4. The molecule has 7 nitrogen and oxygen atoms in total. The number of carbonyl (C=O) groups excluding carboxylic acids is 2. The first kappa shape index (κ1) is 26.1. The van der Waals surface area contributed by atoms with Crippen molar-refractivity contribution in [3.63, 3.8) is 0 Å². The van der Waals surface area contributed by atoms with Crippen molar-refractivity contribution in [2.75, 3.05) is 25.5 Å². The molecule has 0 unspecified atom stereocenters. The number of rotatable bonds is 8. The van der Waals surface area contributed by atoms with Crippen LogP contribution in [0.15, 0.2) is 53.1 Å². The molecule has 1 N–H and O–H groups in total. The van der Waals surface area contributed by atoms with Gasteiger partial charge in [0, 0.05) is 48.5 Å². The van der Waals surface area contributed by atoms with Crippen LogP contribution in [0, 0.1) is 19.7 Å². The Bertz CT molecular complexity index is 1260. The van der Waals surface area contributed by atoms with E-state index in [1.807, 2.05) is 43.0 Å². The fourth-order valence-electron chi connectivity index (χ4n) is 4.67. The number of methoxy groups -OCH3 is 1. The van der Waals surface area contributed by atoms with Crippen LogP contribution < -0.4 is 10.1 Å². The maximum Gasteiger partial charge on any atom is 0.248 e. The van der Waals surface area contributed by atoms with E-state index in [-0.39, 0.29) is 11.8 Å². The summed E-state index contributed by atoms with van der Waals surface area (Å²) in [7, 11) is 1.47. The van der Waals surface area contributed by atoms with E-state index >= 15 is 0 Å². The largest absolute Gasteiger partial charge is 0.497 e. The Morgan fingerprint density at radius 2 is 1.89 bits per heavy atom. The number of carbonyl (C=O) groups is 2. The van der Waals surface area contributed by atoms with Crippen molar-refractivity contribution in [3.05, 3.63) is 82.5 Å². The Morgan fingerprint density at radius 3 is 2.51 bits per heavy atom. The number of aryl methyl sites for hydroxylation is 2. The van der Waals surface area contributed by atoms with Crippen LogP contribution in [0.25, 0.3) is 6.08 Å². The normalized spacial score (nSPS) is 14.2. The van der Waals surface area contributed by atoms with E-state index in [4.69, 9.17) is 9.26 Å². The van der Waals surface area contributed by atoms with Gasteiger partial charge in [0.15, 0.2) is 0 Å². The Morgan fingerprint density at radius 1 is 1.16 bits per heavy atom. The highest BCUT2D eigenvalue weighted by atomic mass is 19.1. The second kappa shape index (κ2) is 11.9. The first-order chi connectivity index (χ1) is 17.8. The van der Waals surface area contributed by atoms with Crippen molar-refractivity contribution in [3.8, 4) is 5.75 Å². The average Bonchev–Trinajstić information content (AvgIpc) is 3.23. The zero-order chi connectivity index (χ0) is 26.4. The number of aromatic nitrogens is 1. The maximum atomic E-state index is 14.0. The molecule has 2 aromatic carbocycles.